The normalized spacial score (nSPS) is 17.8. The highest BCUT2D eigenvalue weighted by Crippen LogP contribution is 2.24. The van der Waals surface area contributed by atoms with Crippen LogP contribution < -0.4 is 0 Å². The predicted octanol–water partition coefficient (Wildman–Crippen LogP) is 0.757. The van der Waals surface area contributed by atoms with Crippen molar-refractivity contribution in [3.05, 3.63) is 30.6 Å². The van der Waals surface area contributed by atoms with Crippen molar-refractivity contribution in [2.45, 2.75) is 6.17 Å². The molecule has 0 saturated heterocycles. The second-order valence-corrected chi connectivity index (χ2v) is 2.98. The summed E-state index contributed by atoms with van der Waals surface area (Å²) in [6, 6.07) is 0. The molecule has 0 fully saturated rings. The molecule has 1 aromatic rings. The molecule has 12 heavy (non-hydrogen) atoms. The van der Waals surface area contributed by atoms with Crippen LogP contribution in [0.5, 0.6) is 0 Å². The van der Waals surface area contributed by atoms with E-state index in [-0.39, 0.29) is 6.17 Å². The summed E-state index contributed by atoms with van der Waals surface area (Å²) in [4.78, 5) is 11.5. The molecule has 0 bridgehead atoms. The number of aromatic nitrogens is 2. The summed E-state index contributed by atoms with van der Waals surface area (Å²) < 4.78 is 0. The van der Waals surface area contributed by atoms with Crippen LogP contribution in [-0.4, -0.2) is 33.9 Å². The Morgan fingerprint density at radius 2 is 2.00 bits per heavy atom. The van der Waals surface area contributed by atoms with Gasteiger partial charge in [0.2, 0.25) is 0 Å². The molecule has 0 aliphatic carbocycles. The highest BCUT2D eigenvalue weighted by molar-refractivity contribution is 5.04. The Morgan fingerprint density at radius 3 is 2.50 bits per heavy atom. The summed E-state index contributed by atoms with van der Waals surface area (Å²) in [6.07, 6.45) is 7.91. The van der Waals surface area contributed by atoms with Crippen molar-refractivity contribution in [3.63, 3.8) is 0 Å². The Kier molecular flexibility index (Phi) is 1.53. The van der Waals surface area contributed by atoms with Gasteiger partial charge in [-0.3, -0.25) is 0 Å². The zero-order valence-corrected chi connectivity index (χ0v) is 7.23. The average Bonchev–Trinajstić information content (AvgIpc) is 2.61. The molecule has 1 aliphatic rings. The Balaban J connectivity index is 2.25. The van der Waals surface area contributed by atoms with Gasteiger partial charge in [-0.2, -0.15) is 0 Å². The molecular weight excluding hydrogens is 152 g/mol. The molecule has 0 spiro atoms. The number of H-pyrrole nitrogens is 1. The molecule has 1 aliphatic heterocycles. The lowest BCUT2D eigenvalue weighted by molar-refractivity contribution is 0.199. The van der Waals surface area contributed by atoms with Crippen molar-refractivity contribution in [1.82, 2.24) is 19.8 Å². The smallest absolute Gasteiger partial charge is 0.160 e. The van der Waals surface area contributed by atoms with E-state index in [1.165, 1.54) is 0 Å². The van der Waals surface area contributed by atoms with Gasteiger partial charge >= 0.3 is 0 Å². The van der Waals surface area contributed by atoms with Gasteiger partial charge in [0.05, 0.1) is 0 Å². The number of nitrogens with one attached hydrogen (secondary N) is 1. The van der Waals surface area contributed by atoms with Gasteiger partial charge in [-0.15, -0.1) is 0 Å². The first-order chi connectivity index (χ1) is 5.79. The molecule has 0 atom stereocenters. The molecule has 0 saturated carbocycles. The van der Waals surface area contributed by atoms with E-state index in [1.807, 2.05) is 32.7 Å². The molecule has 0 radical (unpaired) electrons. The molecular formula is C8H12N4. The van der Waals surface area contributed by atoms with Gasteiger partial charge < -0.3 is 14.8 Å². The largest absolute Gasteiger partial charge is 0.353 e. The van der Waals surface area contributed by atoms with Crippen molar-refractivity contribution >= 4 is 0 Å². The molecule has 64 valence electrons. The molecule has 4 heteroatoms. The van der Waals surface area contributed by atoms with E-state index in [0.717, 1.165) is 5.82 Å². The highest BCUT2D eigenvalue weighted by Gasteiger charge is 2.23. The fourth-order valence-corrected chi connectivity index (χ4v) is 1.47. The van der Waals surface area contributed by atoms with Crippen LogP contribution in [0.2, 0.25) is 0 Å². The van der Waals surface area contributed by atoms with Crippen molar-refractivity contribution in [3.8, 4) is 0 Å². The molecule has 0 amide bonds. The van der Waals surface area contributed by atoms with Gasteiger partial charge in [-0.05, 0) is 0 Å². The molecule has 0 unspecified atom stereocenters. The second kappa shape index (κ2) is 2.55. The zero-order valence-electron chi connectivity index (χ0n) is 7.23. The fourth-order valence-electron chi connectivity index (χ4n) is 1.47. The lowest BCUT2D eigenvalue weighted by atomic mass is 10.4. The van der Waals surface area contributed by atoms with Crippen LogP contribution in [0.25, 0.3) is 0 Å². The number of nitrogens with zero attached hydrogens (tertiary/aromatic N) is 3. The van der Waals surface area contributed by atoms with Crippen LogP contribution >= 0.6 is 0 Å². The predicted molar refractivity (Wildman–Crippen MR) is 46.0 cm³/mol. The van der Waals surface area contributed by atoms with E-state index in [2.05, 4.69) is 19.8 Å². The third-order valence-corrected chi connectivity index (χ3v) is 2.07. The van der Waals surface area contributed by atoms with Crippen molar-refractivity contribution < 1.29 is 0 Å². The lowest BCUT2D eigenvalue weighted by Gasteiger charge is -2.25. The second-order valence-electron chi connectivity index (χ2n) is 2.98. The highest BCUT2D eigenvalue weighted by atomic mass is 15.4. The molecule has 0 aromatic carbocycles. The minimum absolute atomic E-state index is 0.222. The Bertz CT molecular complexity index is 265. The van der Waals surface area contributed by atoms with E-state index in [1.54, 1.807) is 6.20 Å². The van der Waals surface area contributed by atoms with Crippen molar-refractivity contribution in [1.29, 1.82) is 0 Å². The van der Waals surface area contributed by atoms with Crippen LogP contribution in [0.3, 0.4) is 0 Å². The van der Waals surface area contributed by atoms with E-state index in [9.17, 15) is 0 Å². The van der Waals surface area contributed by atoms with Crippen LogP contribution in [0.1, 0.15) is 12.0 Å². The SMILES string of the molecule is CN1C=CN(C)C1c1ncc[nH]1. The number of aromatic amines is 1. The minimum Gasteiger partial charge on any atom is -0.353 e. The summed E-state index contributed by atoms with van der Waals surface area (Å²) in [6.45, 7) is 0. The standard InChI is InChI=1S/C8H12N4/c1-11-5-6-12(2)8(11)7-9-3-4-10-7/h3-6,8H,1-2H3,(H,9,10). The monoisotopic (exact) mass is 164 g/mol. The third-order valence-electron chi connectivity index (χ3n) is 2.07. The first-order valence-electron chi connectivity index (χ1n) is 3.90. The van der Waals surface area contributed by atoms with Crippen LogP contribution in [0, 0.1) is 0 Å². The summed E-state index contributed by atoms with van der Waals surface area (Å²) in [5, 5.41) is 0. The summed E-state index contributed by atoms with van der Waals surface area (Å²) >= 11 is 0. The van der Waals surface area contributed by atoms with Gasteiger partial charge in [0.1, 0.15) is 5.82 Å². The van der Waals surface area contributed by atoms with Crippen LogP contribution in [-0.2, 0) is 0 Å². The first-order valence-corrected chi connectivity index (χ1v) is 3.90. The number of imidazole rings is 1. The zero-order chi connectivity index (χ0) is 8.55. The lowest BCUT2D eigenvalue weighted by Crippen LogP contribution is -2.26. The van der Waals surface area contributed by atoms with Gasteiger partial charge in [0.15, 0.2) is 6.17 Å². The molecule has 2 rings (SSSR count). The van der Waals surface area contributed by atoms with Gasteiger partial charge in [-0.1, -0.05) is 0 Å². The summed E-state index contributed by atoms with van der Waals surface area (Å²) in [7, 11) is 4.07. The minimum atomic E-state index is 0.222. The Morgan fingerprint density at radius 1 is 1.33 bits per heavy atom. The van der Waals surface area contributed by atoms with E-state index < -0.39 is 0 Å². The Hall–Kier alpha value is -1.45. The molecule has 1 N–H and O–H groups in total. The number of rotatable bonds is 1. The summed E-state index contributed by atoms with van der Waals surface area (Å²) in [5.41, 5.74) is 0. The fraction of sp³-hybridized carbons (Fsp3) is 0.375. The third kappa shape index (κ3) is 0.958. The first kappa shape index (κ1) is 7.21. The Labute approximate surface area is 71.5 Å². The molecule has 1 aromatic heterocycles. The van der Waals surface area contributed by atoms with Crippen molar-refractivity contribution in [2.75, 3.05) is 14.1 Å². The maximum atomic E-state index is 4.22. The average molecular weight is 164 g/mol. The maximum Gasteiger partial charge on any atom is 0.160 e. The maximum absolute atomic E-state index is 4.22. The van der Waals surface area contributed by atoms with Crippen molar-refractivity contribution in [2.24, 2.45) is 0 Å². The van der Waals surface area contributed by atoms with E-state index >= 15 is 0 Å². The van der Waals surface area contributed by atoms with Gasteiger partial charge in [0.25, 0.3) is 0 Å². The van der Waals surface area contributed by atoms with E-state index in [0.29, 0.717) is 0 Å². The number of hydrogen-bond donors (Lipinski definition) is 1. The quantitative estimate of drug-likeness (QED) is 0.665. The van der Waals surface area contributed by atoms with E-state index in [4.69, 9.17) is 0 Å². The number of hydrogen-bond acceptors (Lipinski definition) is 3. The van der Waals surface area contributed by atoms with Gasteiger partial charge in [0, 0.05) is 38.9 Å². The van der Waals surface area contributed by atoms with Gasteiger partial charge in [-0.25, -0.2) is 4.98 Å². The molecule has 2 heterocycles. The van der Waals surface area contributed by atoms with Crippen LogP contribution in [0.15, 0.2) is 24.8 Å². The topological polar surface area (TPSA) is 35.2 Å². The molecule has 4 nitrogen and oxygen atoms in total. The van der Waals surface area contributed by atoms with Crippen LogP contribution in [0.4, 0.5) is 0 Å². The summed E-state index contributed by atoms with van der Waals surface area (Å²) in [5.74, 6) is 0.977.